The van der Waals surface area contributed by atoms with Gasteiger partial charge in [-0.15, -0.1) is 0 Å². The molecule has 0 saturated carbocycles. The first-order chi connectivity index (χ1) is 9.65. The molecule has 1 rings (SSSR count). The predicted molar refractivity (Wildman–Crippen MR) is 83.5 cm³/mol. The number of nitrogens with two attached hydrogens (primary N) is 1. The summed E-state index contributed by atoms with van der Waals surface area (Å²) in [7, 11) is 3.32. The van der Waals surface area contributed by atoms with E-state index in [0.717, 1.165) is 36.7 Å². The van der Waals surface area contributed by atoms with E-state index < -0.39 is 0 Å². The van der Waals surface area contributed by atoms with Crippen LogP contribution in [0.15, 0.2) is 18.2 Å². The number of benzene rings is 1. The van der Waals surface area contributed by atoms with Crippen LogP contribution in [0.4, 0.5) is 0 Å². The smallest absolute Gasteiger partial charge is 0.127 e. The highest BCUT2D eigenvalue weighted by Gasteiger charge is 2.15. The Balaban J connectivity index is 2.77. The summed E-state index contributed by atoms with van der Waals surface area (Å²) in [6, 6.07) is 5.76. The molecule has 4 nitrogen and oxygen atoms in total. The number of hydrogen-bond donors (Lipinski definition) is 1. The van der Waals surface area contributed by atoms with Gasteiger partial charge < -0.3 is 20.1 Å². The van der Waals surface area contributed by atoms with Crippen LogP contribution in [0, 0.1) is 0 Å². The van der Waals surface area contributed by atoms with E-state index >= 15 is 0 Å². The molecule has 0 fully saturated rings. The zero-order valence-corrected chi connectivity index (χ0v) is 13.2. The minimum absolute atomic E-state index is 0.0485. The Bertz CT molecular complexity index is 396. The van der Waals surface area contributed by atoms with Crippen molar-refractivity contribution in [3.8, 4) is 11.5 Å². The fraction of sp³-hybridized carbons (Fsp3) is 0.625. The average molecular weight is 280 g/mol. The van der Waals surface area contributed by atoms with Crippen LogP contribution in [0.25, 0.3) is 0 Å². The van der Waals surface area contributed by atoms with Gasteiger partial charge in [-0.25, -0.2) is 0 Å². The maximum Gasteiger partial charge on any atom is 0.127 e. The number of methoxy groups -OCH3 is 2. The Kier molecular flexibility index (Phi) is 7.41. The predicted octanol–water partition coefficient (Wildman–Crippen LogP) is 2.83. The molecular formula is C16H28N2O2. The SMILES string of the molecule is CCCCN(CC)CC(N)c1ccc(OC)cc1OC. The minimum Gasteiger partial charge on any atom is -0.497 e. The Labute approximate surface area is 122 Å². The maximum absolute atomic E-state index is 6.35. The molecule has 20 heavy (non-hydrogen) atoms. The molecule has 0 aliphatic rings. The summed E-state index contributed by atoms with van der Waals surface area (Å²) in [5.74, 6) is 1.58. The summed E-state index contributed by atoms with van der Waals surface area (Å²) in [4.78, 5) is 2.39. The molecule has 114 valence electrons. The van der Waals surface area contributed by atoms with E-state index in [9.17, 15) is 0 Å². The fourth-order valence-electron chi connectivity index (χ4n) is 2.26. The molecule has 1 aromatic rings. The lowest BCUT2D eigenvalue weighted by Gasteiger charge is -2.25. The van der Waals surface area contributed by atoms with E-state index in [1.807, 2.05) is 18.2 Å². The third kappa shape index (κ3) is 4.69. The quantitative estimate of drug-likeness (QED) is 0.755. The van der Waals surface area contributed by atoms with Crippen molar-refractivity contribution in [1.82, 2.24) is 4.90 Å². The number of rotatable bonds is 9. The monoisotopic (exact) mass is 280 g/mol. The van der Waals surface area contributed by atoms with Crippen molar-refractivity contribution >= 4 is 0 Å². The summed E-state index contributed by atoms with van der Waals surface area (Å²) in [6.45, 7) is 7.35. The number of unbranched alkanes of at least 4 members (excludes halogenated alkanes) is 1. The Morgan fingerprint density at radius 2 is 1.95 bits per heavy atom. The third-order valence-electron chi connectivity index (χ3n) is 3.57. The first-order valence-electron chi connectivity index (χ1n) is 7.36. The van der Waals surface area contributed by atoms with Crippen LogP contribution in [0.3, 0.4) is 0 Å². The highest BCUT2D eigenvalue weighted by Crippen LogP contribution is 2.28. The highest BCUT2D eigenvalue weighted by molar-refractivity contribution is 5.42. The summed E-state index contributed by atoms with van der Waals surface area (Å²) in [6.07, 6.45) is 2.41. The topological polar surface area (TPSA) is 47.7 Å². The lowest BCUT2D eigenvalue weighted by Crippen LogP contribution is -2.33. The molecule has 0 aliphatic carbocycles. The van der Waals surface area contributed by atoms with Gasteiger partial charge in [-0.2, -0.15) is 0 Å². The Hall–Kier alpha value is -1.26. The van der Waals surface area contributed by atoms with Crippen molar-refractivity contribution in [2.45, 2.75) is 32.7 Å². The van der Waals surface area contributed by atoms with Gasteiger partial charge in [0.25, 0.3) is 0 Å². The van der Waals surface area contributed by atoms with Crippen molar-refractivity contribution < 1.29 is 9.47 Å². The van der Waals surface area contributed by atoms with Crippen LogP contribution < -0.4 is 15.2 Å². The van der Waals surface area contributed by atoms with Gasteiger partial charge in [0.05, 0.1) is 14.2 Å². The highest BCUT2D eigenvalue weighted by atomic mass is 16.5. The van der Waals surface area contributed by atoms with Gasteiger partial charge in [-0.05, 0) is 25.6 Å². The van der Waals surface area contributed by atoms with E-state index in [1.165, 1.54) is 12.8 Å². The molecule has 0 saturated heterocycles. The van der Waals surface area contributed by atoms with Crippen molar-refractivity contribution in [3.63, 3.8) is 0 Å². The molecule has 0 amide bonds. The molecule has 0 aliphatic heterocycles. The zero-order chi connectivity index (χ0) is 15.0. The van der Waals surface area contributed by atoms with E-state index in [-0.39, 0.29) is 6.04 Å². The molecule has 0 spiro atoms. The second-order valence-corrected chi connectivity index (χ2v) is 4.96. The van der Waals surface area contributed by atoms with Gasteiger partial charge in [0.2, 0.25) is 0 Å². The molecule has 1 aromatic carbocycles. The van der Waals surface area contributed by atoms with E-state index in [2.05, 4.69) is 18.7 Å². The number of ether oxygens (including phenoxy) is 2. The summed E-state index contributed by atoms with van der Waals surface area (Å²) < 4.78 is 10.6. The molecule has 0 radical (unpaired) electrons. The van der Waals surface area contributed by atoms with E-state index in [0.29, 0.717) is 0 Å². The Morgan fingerprint density at radius 1 is 1.20 bits per heavy atom. The van der Waals surface area contributed by atoms with Gasteiger partial charge in [0, 0.05) is 24.2 Å². The number of nitrogens with zero attached hydrogens (tertiary/aromatic N) is 1. The molecule has 1 atom stereocenters. The van der Waals surface area contributed by atoms with Crippen LogP contribution in [0.5, 0.6) is 11.5 Å². The van der Waals surface area contributed by atoms with Gasteiger partial charge in [0.1, 0.15) is 11.5 Å². The third-order valence-corrected chi connectivity index (χ3v) is 3.57. The van der Waals surface area contributed by atoms with E-state index in [1.54, 1.807) is 14.2 Å². The normalized spacial score (nSPS) is 12.5. The van der Waals surface area contributed by atoms with Gasteiger partial charge in [-0.3, -0.25) is 0 Å². The Morgan fingerprint density at radius 3 is 2.50 bits per heavy atom. The number of likely N-dealkylation sites (N-methyl/N-ethyl adjacent to an activating group) is 1. The second kappa shape index (κ2) is 8.82. The second-order valence-electron chi connectivity index (χ2n) is 4.96. The molecular weight excluding hydrogens is 252 g/mol. The van der Waals surface area contributed by atoms with Gasteiger partial charge >= 0.3 is 0 Å². The molecule has 0 heterocycles. The molecule has 0 bridgehead atoms. The molecule has 4 heteroatoms. The van der Waals surface area contributed by atoms with Crippen LogP contribution in [-0.4, -0.2) is 38.8 Å². The molecule has 1 unspecified atom stereocenters. The van der Waals surface area contributed by atoms with Gasteiger partial charge in [-0.1, -0.05) is 26.3 Å². The van der Waals surface area contributed by atoms with Crippen molar-refractivity contribution in [3.05, 3.63) is 23.8 Å². The average Bonchev–Trinajstić information content (AvgIpc) is 2.50. The standard InChI is InChI=1S/C16H28N2O2/c1-5-7-10-18(6-2)12-15(17)14-9-8-13(19-3)11-16(14)20-4/h8-9,11,15H,5-7,10,12,17H2,1-4H3. The molecule has 2 N–H and O–H groups in total. The van der Waals surface area contributed by atoms with Crippen LogP contribution in [0.2, 0.25) is 0 Å². The first kappa shape index (κ1) is 16.8. The maximum atomic E-state index is 6.35. The molecule has 0 aromatic heterocycles. The van der Waals surface area contributed by atoms with E-state index in [4.69, 9.17) is 15.2 Å². The summed E-state index contributed by atoms with van der Waals surface area (Å²) in [5, 5.41) is 0. The first-order valence-corrected chi connectivity index (χ1v) is 7.36. The van der Waals surface area contributed by atoms with Crippen LogP contribution >= 0.6 is 0 Å². The largest absolute Gasteiger partial charge is 0.497 e. The minimum atomic E-state index is -0.0485. The van der Waals surface area contributed by atoms with Crippen molar-refractivity contribution in [1.29, 1.82) is 0 Å². The lowest BCUT2D eigenvalue weighted by molar-refractivity contribution is 0.264. The van der Waals surface area contributed by atoms with Crippen molar-refractivity contribution in [2.75, 3.05) is 33.9 Å². The summed E-state index contributed by atoms with van der Waals surface area (Å²) >= 11 is 0. The summed E-state index contributed by atoms with van der Waals surface area (Å²) in [5.41, 5.74) is 7.38. The van der Waals surface area contributed by atoms with Crippen LogP contribution in [-0.2, 0) is 0 Å². The van der Waals surface area contributed by atoms with Crippen LogP contribution in [0.1, 0.15) is 38.3 Å². The fourth-order valence-corrected chi connectivity index (χ4v) is 2.26. The number of hydrogen-bond acceptors (Lipinski definition) is 4. The lowest BCUT2D eigenvalue weighted by atomic mass is 10.1. The zero-order valence-electron chi connectivity index (χ0n) is 13.2. The van der Waals surface area contributed by atoms with Gasteiger partial charge in [0.15, 0.2) is 0 Å². The van der Waals surface area contributed by atoms with Crippen molar-refractivity contribution in [2.24, 2.45) is 5.73 Å².